The fraction of sp³-hybridized carbons (Fsp3) is 0.217. The van der Waals surface area contributed by atoms with Gasteiger partial charge in [-0.05, 0) is 51.7 Å². The maximum Gasteiger partial charge on any atom is 0.175 e. The first-order chi connectivity index (χ1) is 13.2. The monoisotopic (exact) mass is 461 g/mol. The molecule has 3 aromatic carbocycles. The first-order valence-electron chi connectivity index (χ1n) is 8.99. The number of methoxy groups -OCH3 is 1. The molecule has 0 spiro atoms. The maximum atomic E-state index is 6.00. The number of rotatable bonds is 8. The highest BCUT2D eigenvalue weighted by Gasteiger charge is 2.13. The van der Waals surface area contributed by atoms with Crippen molar-refractivity contribution in [2.75, 3.05) is 7.11 Å². The quantitative estimate of drug-likeness (QED) is 0.425. The summed E-state index contributed by atoms with van der Waals surface area (Å²) in [6, 6.07) is 24.9. The Kier molecular flexibility index (Phi) is 8.84. The van der Waals surface area contributed by atoms with Crippen molar-refractivity contribution >= 4 is 28.3 Å². The molecule has 0 saturated heterocycles. The van der Waals surface area contributed by atoms with Gasteiger partial charge in [-0.25, -0.2) is 0 Å². The van der Waals surface area contributed by atoms with E-state index in [4.69, 9.17) is 9.47 Å². The molecule has 3 aromatic rings. The van der Waals surface area contributed by atoms with E-state index in [-0.39, 0.29) is 18.4 Å². The highest BCUT2D eigenvalue weighted by atomic mass is 79.9. The molecule has 0 radical (unpaired) electrons. The van der Waals surface area contributed by atoms with Crippen LogP contribution in [0.15, 0.2) is 77.3 Å². The SMILES string of the molecule is COc1cc(CNC(C)c2ccccc2)cc(Br)c1OCc1ccccc1.Cl. The Hall–Kier alpha value is -2.01. The van der Waals surface area contributed by atoms with Crippen LogP contribution >= 0.6 is 28.3 Å². The van der Waals surface area contributed by atoms with Crippen LogP contribution < -0.4 is 14.8 Å². The van der Waals surface area contributed by atoms with Crippen LogP contribution in [0.2, 0.25) is 0 Å². The number of hydrogen-bond acceptors (Lipinski definition) is 3. The van der Waals surface area contributed by atoms with Crippen LogP contribution in [0.4, 0.5) is 0 Å². The lowest BCUT2D eigenvalue weighted by molar-refractivity contribution is 0.282. The van der Waals surface area contributed by atoms with Crippen LogP contribution in [-0.2, 0) is 13.2 Å². The van der Waals surface area contributed by atoms with Gasteiger partial charge in [-0.3, -0.25) is 0 Å². The zero-order valence-electron chi connectivity index (χ0n) is 16.0. The van der Waals surface area contributed by atoms with Crippen molar-refractivity contribution in [3.8, 4) is 11.5 Å². The summed E-state index contributed by atoms with van der Waals surface area (Å²) in [6.07, 6.45) is 0. The molecule has 0 amide bonds. The predicted octanol–water partition coefficient (Wildman–Crippen LogP) is 6.31. The molecule has 0 aliphatic carbocycles. The van der Waals surface area contributed by atoms with Gasteiger partial charge in [0.15, 0.2) is 11.5 Å². The molecule has 0 aliphatic heterocycles. The van der Waals surface area contributed by atoms with Gasteiger partial charge < -0.3 is 14.8 Å². The van der Waals surface area contributed by atoms with Crippen molar-refractivity contribution in [1.29, 1.82) is 0 Å². The average Bonchev–Trinajstić information content (AvgIpc) is 2.72. The molecule has 0 fully saturated rings. The third-order valence-electron chi connectivity index (χ3n) is 4.43. The number of ether oxygens (including phenoxy) is 2. The minimum Gasteiger partial charge on any atom is -0.493 e. The summed E-state index contributed by atoms with van der Waals surface area (Å²) in [5, 5.41) is 3.55. The van der Waals surface area contributed by atoms with Crippen LogP contribution in [0.25, 0.3) is 0 Å². The summed E-state index contributed by atoms with van der Waals surface area (Å²) in [7, 11) is 1.67. The minimum atomic E-state index is 0. The number of halogens is 2. The van der Waals surface area contributed by atoms with E-state index in [1.165, 1.54) is 5.56 Å². The van der Waals surface area contributed by atoms with Gasteiger partial charge in [0.2, 0.25) is 0 Å². The third-order valence-corrected chi connectivity index (χ3v) is 5.02. The Morgan fingerprint density at radius 3 is 2.21 bits per heavy atom. The molecule has 1 unspecified atom stereocenters. The van der Waals surface area contributed by atoms with Crippen molar-refractivity contribution in [1.82, 2.24) is 5.32 Å². The molecule has 28 heavy (non-hydrogen) atoms. The first kappa shape index (κ1) is 22.3. The zero-order chi connectivity index (χ0) is 19.1. The van der Waals surface area contributed by atoms with Gasteiger partial charge in [0.05, 0.1) is 11.6 Å². The van der Waals surface area contributed by atoms with Gasteiger partial charge in [0.1, 0.15) is 6.61 Å². The first-order valence-corrected chi connectivity index (χ1v) is 9.78. The van der Waals surface area contributed by atoms with Gasteiger partial charge in [0.25, 0.3) is 0 Å². The summed E-state index contributed by atoms with van der Waals surface area (Å²) < 4.78 is 12.5. The largest absolute Gasteiger partial charge is 0.493 e. The van der Waals surface area contributed by atoms with E-state index in [1.54, 1.807) is 7.11 Å². The predicted molar refractivity (Wildman–Crippen MR) is 120 cm³/mol. The normalized spacial score (nSPS) is 11.4. The van der Waals surface area contributed by atoms with Gasteiger partial charge in [-0.1, -0.05) is 60.7 Å². The second-order valence-electron chi connectivity index (χ2n) is 6.40. The number of hydrogen-bond donors (Lipinski definition) is 1. The fourth-order valence-electron chi connectivity index (χ4n) is 2.88. The van der Waals surface area contributed by atoms with Crippen LogP contribution in [0.5, 0.6) is 11.5 Å². The van der Waals surface area contributed by atoms with Crippen molar-refractivity contribution < 1.29 is 9.47 Å². The molecule has 148 valence electrons. The molecule has 1 N–H and O–H groups in total. The van der Waals surface area contributed by atoms with Crippen LogP contribution in [-0.4, -0.2) is 7.11 Å². The van der Waals surface area contributed by atoms with E-state index in [0.717, 1.165) is 33.6 Å². The van der Waals surface area contributed by atoms with E-state index >= 15 is 0 Å². The molecule has 3 nitrogen and oxygen atoms in total. The van der Waals surface area contributed by atoms with Gasteiger partial charge in [-0.15, -0.1) is 12.4 Å². The Morgan fingerprint density at radius 1 is 0.929 bits per heavy atom. The lowest BCUT2D eigenvalue weighted by Crippen LogP contribution is -2.18. The molecule has 5 heteroatoms. The fourth-order valence-corrected chi connectivity index (χ4v) is 3.48. The molecule has 0 saturated carbocycles. The van der Waals surface area contributed by atoms with E-state index in [1.807, 2.05) is 42.5 Å². The van der Waals surface area contributed by atoms with Crippen molar-refractivity contribution in [3.05, 3.63) is 94.0 Å². The lowest BCUT2D eigenvalue weighted by Gasteiger charge is -2.17. The smallest absolute Gasteiger partial charge is 0.175 e. The van der Waals surface area contributed by atoms with Crippen molar-refractivity contribution in [3.63, 3.8) is 0 Å². The van der Waals surface area contributed by atoms with E-state index in [0.29, 0.717) is 6.61 Å². The van der Waals surface area contributed by atoms with Crippen LogP contribution in [0, 0.1) is 0 Å². The Morgan fingerprint density at radius 2 is 1.57 bits per heavy atom. The second kappa shape index (κ2) is 11.1. The Balaban J connectivity index is 0.00000280. The number of benzene rings is 3. The van der Waals surface area contributed by atoms with E-state index < -0.39 is 0 Å². The molecular weight excluding hydrogens is 438 g/mol. The third kappa shape index (κ3) is 5.99. The molecule has 0 aliphatic rings. The van der Waals surface area contributed by atoms with Gasteiger partial charge >= 0.3 is 0 Å². The van der Waals surface area contributed by atoms with Crippen molar-refractivity contribution in [2.45, 2.75) is 26.1 Å². The maximum absolute atomic E-state index is 6.00. The Labute approximate surface area is 181 Å². The summed E-state index contributed by atoms with van der Waals surface area (Å²) in [4.78, 5) is 0. The van der Waals surface area contributed by atoms with Gasteiger partial charge in [-0.2, -0.15) is 0 Å². The molecule has 1 atom stereocenters. The highest BCUT2D eigenvalue weighted by molar-refractivity contribution is 9.10. The van der Waals surface area contributed by atoms with Crippen LogP contribution in [0.3, 0.4) is 0 Å². The lowest BCUT2D eigenvalue weighted by atomic mass is 10.1. The summed E-state index contributed by atoms with van der Waals surface area (Å²) >= 11 is 3.63. The van der Waals surface area contributed by atoms with E-state index in [2.05, 4.69) is 58.5 Å². The van der Waals surface area contributed by atoms with E-state index in [9.17, 15) is 0 Å². The topological polar surface area (TPSA) is 30.5 Å². The summed E-state index contributed by atoms with van der Waals surface area (Å²) in [6.45, 7) is 3.40. The van der Waals surface area contributed by atoms with Crippen molar-refractivity contribution in [2.24, 2.45) is 0 Å². The summed E-state index contributed by atoms with van der Waals surface area (Å²) in [5.41, 5.74) is 3.52. The van der Waals surface area contributed by atoms with Crippen LogP contribution in [0.1, 0.15) is 29.7 Å². The number of nitrogens with one attached hydrogen (secondary N) is 1. The molecule has 3 rings (SSSR count). The van der Waals surface area contributed by atoms with Gasteiger partial charge in [0, 0.05) is 12.6 Å². The minimum absolute atomic E-state index is 0. The Bertz CT molecular complexity index is 859. The molecule has 0 aromatic heterocycles. The average molecular weight is 463 g/mol. The molecular formula is C23H25BrClNO2. The standard InChI is InChI=1S/C23H24BrNO2.ClH/c1-17(20-11-7-4-8-12-20)25-15-19-13-21(24)23(22(14-19)26-2)27-16-18-9-5-3-6-10-18;/h3-14,17,25H,15-16H2,1-2H3;1H. The molecule has 0 heterocycles. The molecule has 0 bridgehead atoms. The summed E-state index contributed by atoms with van der Waals surface area (Å²) in [5.74, 6) is 1.45. The highest BCUT2D eigenvalue weighted by Crippen LogP contribution is 2.37. The second-order valence-corrected chi connectivity index (χ2v) is 7.25. The zero-order valence-corrected chi connectivity index (χ0v) is 18.4.